The van der Waals surface area contributed by atoms with Crippen LogP contribution in [0.2, 0.25) is 5.02 Å². The highest BCUT2D eigenvalue weighted by atomic mass is 127. The van der Waals surface area contributed by atoms with E-state index < -0.39 is 17.6 Å². The number of halogens is 3. The monoisotopic (exact) mass is 494 g/mol. The molecule has 0 spiro atoms. The molecular weight excluding hydrogens is 482 g/mol. The van der Waals surface area contributed by atoms with Gasteiger partial charge in [0.05, 0.1) is 27.5 Å². The van der Waals surface area contributed by atoms with Crippen molar-refractivity contribution >= 4 is 57.4 Å². The van der Waals surface area contributed by atoms with Crippen LogP contribution < -0.4 is 10.6 Å². The first-order valence-electron chi connectivity index (χ1n) is 7.87. The molecule has 4 nitrogen and oxygen atoms in total. The van der Waals surface area contributed by atoms with Crippen LogP contribution in [0, 0.1) is 9.39 Å². The van der Waals surface area contributed by atoms with Crippen LogP contribution in [0.4, 0.5) is 15.8 Å². The standard InChI is InChI=1S/C20H13ClFIN2O2/c21-15-6-2-1-5-13(15)19(26)24-17-10-9-12(23)11-14(17)20(27)25-18-8-4-3-7-16(18)22/h1-11H,(H,24,26)(H,25,27). The third kappa shape index (κ3) is 4.64. The summed E-state index contributed by atoms with van der Waals surface area (Å²) < 4.78 is 14.6. The molecule has 0 aliphatic heterocycles. The average Bonchev–Trinajstić information content (AvgIpc) is 2.65. The fourth-order valence-electron chi connectivity index (χ4n) is 2.40. The van der Waals surface area contributed by atoms with Gasteiger partial charge in [-0.05, 0) is 65.1 Å². The maximum Gasteiger partial charge on any atom is 0.257 e. The molecule has 0 radical (unpaired) electrons. The topological polar surface area (TPSA) is 58.2 Å². The lowest BCUT2D eigenvalue weighted by molar-refractivity contribution is 0.102. The number of hydrogen-bond acceptors (Lipinski definition) is 2. The molecule has 0 saturated carbocycles. The lowest BCUT2D eigenvalue weighted by Crippen LogP contribution is -2.19. The van der Waals surface area contributed by atoms with Gasteiger partial charge >= 0.3 is 0 Å². The van der Waals surface area contributed by atoms with E-state index in [-0.39, 0.29) is 16.8 Å². The lowest BCUT2D eigenvalue weighted by Gasteiger charge is -2.13. The van der Waals surface area contributed by atoms with Gasteiger partial charge in [0, 0.05) is 3.57 Å². The molecule has 3 rings (SSSR count). The Bertz CT molecular complexity index is 1030. The van der Waals surface area contributed by atoms with Gasteiger partial charge in [-0.2, -0.15) is 0 Å². The van der Waals surface area contributed by atoms with E-state index in [4.69, 9.17) is 11.6 Å². The van der Waals surface area contributed by atoms with Gasteiger partial charge in [-0.1, -0.05) is 35.9 Å². The molecule has 3 aromatic rings. The van der Waals surface area contributed by atoms with Gasteiger partial charge in [-0.15, -0.1) is 0 Å². The number of carbonyl (C=O) groups is 2. The zero-order valence-electron chi connectivity index (χ0n) is 13.8. The van der Waals surface area contributed by atoms with Crippen LogP contribution >= 0.6 is 34.2 Å². The summed E-state index contributed by atoms with van der Waals surface area (Å²) in [5.41, 5.74) is 0.864. The van der Waals surface area contributed by atoms with Gasteiger partial charge in [0.25, 0.3) is 11.8 Å². The molecule has 0 heterocycles. The molecule has 3 aromatic carbocycles. The number of benzene rings is 3. The summed E-state index contributed by atoms with van der Waals surface area (Å²) in [5.74, 6) is -1.52. The van der Waals surface area contributed by atoms with Gasteiger partial charge in [0.15, 0.2) is 0 Å². The molecule has 136 valence electrons. The molecule has 2 N–H and O–H groups in total. The van der Waals surface area contributed by atoms with Gasteiger partial charge in [-0.25, -0.2) is 4.39 Å². The maximum atomic E-state index is 13.8. The SMILES string of the molecule is O=C(Nc1ccc(I)cc1C(=O)Nc1ccccc1F)c1ccccc1Cl. The van der Waals surface area contributed by atoms with Gasteiger partial charge < -0.3 is 10.6 Å². The summed E-state index contributed by atoms with van der Waals surface area (Å²) in [6.07, 6.45) is 0. The van der Waals surface area contributed by atoms with Crippen LogP contribution in [0.3, 0.4) is 0 Å². The molecule has 0 saturated heterocycles. The normalized spacial score (nSPS) is 10.3. The Morgan fingerprint density at radius 1 is 0.815 bits per heavy atom. The van der Waals surface area contributed by atoms with Crippen LogP contribution in [-0.4, -0.2) is 11.8 Å². The van der Waals surface area contributed by atoms with E-state index in [2.05, 4.69) is 33.2 Å². The Kier molecular flexibility index (Phi) is 6.08. The summed E-state index contributed by atoms with van der Waals surface area (Å²) in [4.78, 5) is 25.2. The van der Waals surface area contributed by atoms with E-state index in [1.807, 2.05) is 0 Å². The summed E-state index contributed by atoms with van der Waals surface area (Å²) in [7, 11) is 0. The third-order valence-electron chi connectivity index (χ3n) is 3.71. The first-order chi connectivity index (χ1) is 13.0. The second-order valence-electron chi connectivity index (χ2n) is 5.56. The minimum Gasteiger partial charge on any atom is -0.321 e. The van der Waals surface area contributed by atoms with Crippen molar-refractivity contribution in [3.8, 4) is 0 Å². The van der Waals surface area contributed by atoms with Crippen molar-refractivity contribution in [1.82, 2.24) is 0 Å². The molecule has 0 atom stereocenters. The second-order valence-corrected chi connectivity index (χ2v) is 7.21. The Labute approximate surface area is 173 Å². The molecule has 0 fully saturated rings. The number of nitrogens with one attached hydrogen (secondary N) is 2. The summed E-state index contributed by atoms with van der Waals surface area (Å²) in [5, 5.41) is 5.52. The van der Waals surface area contributed by atoms with Crippen LogP contribution in [0.15, 0.2) is 66.7 Å². The van der Waals surface area contributed by atoms with Gasteiger partial charge in [0.1, 0.15) is 5.82 Å². The molecule has 7 heteroatoms. The molecule has 2 amide bonds. The van der Waals surface area contributed by atoms with E-state index >= 15 is 0 Å². The maximum absolute atomic E-state index is 13.8. The second kappa shape index (κ2) is 8.49. The fraction of sp³-hybridized carbons (Fsp3) is 0. The Hall–Kier alpha value is -2.45. The van der Waals surface area contributed by atoms with E-state index in [0.717, 1.165) is 3.57 Å². The van der Waals surface area contributed by atoms with Crippen LogP contribution in [0.25, 0.3) is 0 Å². The smallest absolute Gasteiger partial charge is 0.257 e. The van der Waals surface area contributed by atoms with Gasteiger partial charge in [-0.3, -0.25) is 9.59 Å². The van der Waals surface area contributed by atoms with Crippen LogP contribution in [-0.2, 0) is 0 Å². The summed E-state index contributed by atoms with van der Waals surface area (Å²) in [6, 6.07) is 17.5. The molecule has 0 aromatic heterocycles. The molecule has 0 bridgehead atoms. The van der Waals surface area contributed by atoms with Crippen LogP contribution in [0.5, 0.6) is 0 Å². The number of anilines is 2. The minimum atomic E-state index is -0.543. The quantitative estimate of drug-likeness (QED) is 0.465. The van der Waals surface area contributed by atoms with Crippen LogP contribution in [0.1, 0.15) is 20.7 Å². The minimum absolute atomic E-state index is 0.0599. The highest BCUT2D eigenvalue weighted by molar-refractivity contribution is 14.1. The van der Waals surface area contributed by atoms with Crippen molar-refractivity contribution in [3.05, 3.63) is 92.3 Å². The number of rotatable bonds is 4. The average molecular weight is 495 g/mol. The third-order valence-corrected chi connectivity index (χ3v) is 4.72. The molecule has 0 aliphatic carbocycles. The Morgan fingerprint density at radius 3 is 2.19 bits per heavy atom. The Balaban J connectivity index is 1.89. The zero-order valence-corrected chi connectivity index (χ0v) is 16.7. The van der Waals surface area contributed by atoms with Gasteiger partial charge in [0.2, 0.25) is 0 Å². The zero-order chi connectivity index (χ0) is 19.4. The van der Waals surface area contributed by atoms with E-state index in [0.29, 0.717) is 10.7 Å². The van der Waals surface area contributed by atoms with E-state index in [1.165, 1.54) is 18.2 Å². The highest BCUT2D eigenvalue weighted by Crippen LogP contribution is 2.23. The number of amides is 2. The van der Waals surface area contributed by atoms with Crippen molar-refractivity contribution in [1.29, 1.82) is 0 Å². The molecule has 0 unspecified atom stereocenters. The van der Waals surface area contributed by atoms with Crippen molar-refractivity contribution in [2.45, 2.75) is 0 Å². The number of carbonyl (C=O) groups excluding carboxylic acids is 2. The van der Waals surface area contributed by atoms with E-state index in [1.54, 1.807) is 48.5 Å². The summed E-state index contributed by atoms with van der Waals surface area (Å²) in [6.45, 7) is 0. The van der Waals surface area contributed by atoms with Crippen molar-refractivity contribution in [3.63, 3.8) is 0 Å². The van der Waals surface area contributed by atoms with Crippen molar-refractivity contribution < 1.29 is 14.0 Å². The fourth-order valence-corrected chi connectivity index (χ4v) is 3.11. The number of para-hydroxylation sites is 1. The molecular formula is C20H13ClFIN2O2. The Morgan fingerprint density at radius 2 is 1.44 bits per heavy atom. The number of hydrogen-bond donors (Lipinski definition) is 2. The first kappa shape index (κ1) is 19.3. The largest absolute Gasteiger partial charge is 0.321 e. The van der Waals surface area contributed by atoms with Crippen molar-refractivity contribution in [2.24, 2.45) is 0 Å². The highest BCUT2D eigenvalue weighted by Gasteiger charge is 2.17. The first-order valence-corrected chi connectivity index (χ1v) is 9.32. The summed E-state index contributed by atoms with van der Waals surface area (Å²) >= 11 is 8.11. The lowest BCUT2D eigenvalue weighted by atomic mass is 10.1. The predicted molar refractivity (Wildman–Crippen MR) is 113 cm³/mol. The van der Waals surface area contributed by atoms with E-state index in [9.17, 15) is 14.0 Å². The van der Waals surface area contributed by atoms with Crippen molar-refractivity contribution in [2.75, 3.05) is 10.6 Å². The molecule has 27 heavy (non-hydrogen) atoms. The molecule has 0 aliphatic rings. The predicted octanol–water partition coefficient (Wildman–Crippen LogP) is 5.59.